The molecule has 2 aliphatic rings. The minimum absolute atomic E-state index is 0. The molecule has 1 amide bonds. The van der Waals surface area contributed by atoms with E-state index in [1.54, 1.807) is 21.2 Å². The number of nitrogens with zero attached hydrogens (tertiary/aromatic N) is 4. The van der Waals surface area contributed by atoms with Gasteiger partial charge in [0.1, 0.15) is 25.7 Å². The topological polar surface area (TPSA) is 58.2 Å². The van der Waals surface area contributed by atoms with E-state index in [0.29, 0.717) is 6.04 Å². The third-order valence-corrected chi connectivity index (χ3v) is 5.15. The van der Waals surface area contributed by atoms with Crippen LogP contribution in [-0.2, 0) is 4.84 Å². The minimum Gasteiger partial charge on any atom is -0.497 e. The van der Waals surface area contributed by atoms with E-state index in [9.17, 15) is 4.79 Å². The largest absolute Gasteiger partial charge is 0.609 e. The molecule has 2 aromatic rings. The zero-order valence-corrected chi connectivity index (χ0v) is 19.5. The number of methoxy groups -OCH3 is 1. The molecule has 30 heavy (non-hydrogen) atoms. The molecule has 0 bridgehead atoms. The van der Waals surface area contributed by atoms with Crippen molar-refractivity contribution in [3.63, 3.8) is 0 Å². The summed E-state index contributed by atoms with van der Waals surface area (Å²) in [6, 6.07) is 14.9. The number of pyridine rings is 1. The fourth-order valence-electron chi connectivity index (χ4n) is 3.15. The van der Waals surface area contributed by atoms with Crippen LogP contribution < -0.4 is 9.64 Å². The highest BCUT2D eigenvalue weighted by molar-refractivity contribution is 5.85. The summed E-state index contributed by atoms with van der Waals surface area (Å²) in [7, 11) is 5.07. The fraction of sp³-hybridized carbons (Fsp3) is 0.429. The standard InChI is InChI=1S/C18H23N3O.C3H6NO2.2ClH/c1-15(16-6-8-17(22-2)9-7-16)20-11-13-21(14-12-20)18-5-3-4-10-19-18;1-4(2)3(5)6-4;;/h3-10,15H,11-14H2,1-2H3;1-2H3;2*1H/q;+1;;. The Labute approximate surface area is 190 Å². The van der Waals surface area contributed by atoms with E-state index < -0.39 is 0 Å². The van der Waals surface area contributed by atoms with Crippen molar-refractivity contribution in [2.75, 3.05) is 52.3 Å². The van der Waals surface area contributed by atoms with Gasteiger partial charge in [-0.2, -0.15) is 4.79 Å². The molecule has 0 spiro atoms. The molecule has 7 nitrogen and oxygen atoms in total. The second kappa shape index (κ2) is 11.4. The van der Waals surface area contributed by atoms with E-state index in [4.69, 9.17) is 4.74 Å². The number of ether oxygens (including phenoxy) is 1. The van der Waals surface area contributed by atoms with Crippen LogP contribution in [0.4, 0.5) is 10.6 Å². The van der Waals surface area contributed by atoms with Crippen molar-refractivity contribution in [3.8, 4) is 5.75 Å². The molecule has 0 radical (unpaired) electrons. The van der Waals surface area contributed by atoms with Gasteiger partial charge in [0.05, 0.1) is 7.11 Å². The Balaban J connectivity index is 0.000000487. The zero-order chi connectivity index (χ0) is 20.1. The first-order chi connectivity index (χ1) is 13.4. The number of carbonyl (C=O) groups is 1. The van der Waals surface area contributed by atoms with Crippen LogP contribution in [0.3, 0.4) is 0 Å². The third-order valence-electron chi connectivity index (χ3n) is 5.15. The second-order valence-electron chi connectivity index (χ2n) is 7.37. The number of piperazine rings is 1. The van der Waals surface area contributed by atoms with Gasteiger partial charge in [0.2, 0.25) is 0 Å². The van der Waals surface area contributed by atoms with Gasteiger partial charge in [-0.25, -0.2) is 9.82 Å². The number of hydrogen-bond acceptors (Lipinski definition) is 6. The summed E-state index contributed by atoms with van der Waals surface area (Å²) >= 11 is 0. The van der Waals surface area contributed by atoms with Gasteiger partial charge in [0.15, 0.2) is 0 Å². The third kappa shape index (κ3) is 6.74. The summed E-state index contributed by atoms with van der Waals surface area (Å²) in [6.45, 7) is 6.45. The van der Waals surface area contributed by atoms with Crippen molar-refractivity contribution in [2.24, 2.45) is 0 Å². The van der Waals surface area contributed by atoms with Crippen LogP contribution >= 0.6 is 24.8 Å². The van der Waals surface area contributed by atoms with Crippen LogP contribution in [-0.4, -0.2) is 68.0 Å². The lowest BCUT2D eigenvalue weighted by atomic mass is 10.1. The molecule has 2 saturated heterocycles. The van der Waals surface area contributed by atoms with Crippen LogP contribution in [0.1, 0.15) is 18.5 Å². The lowest BCUT2D eigenvalue weighted by Gasteiger charge is -2.38. The summed E-state index contributed by atoms with van der Waals surface area (Å²) in [5.74, 6) is 2.00. The number of rotatable bonds is 4. The van der Waals surface area contributed by atoms with Gasteiger partial charge in [-0.3, -0.25) is 4.90 Å². The van der Waals surface area contributed by atoms with Crippen molar-refractivity contribution in [3.05, 3.63) is 54.2 Å². The monoisotopic (exact) mass is 457 g/mol. The van der Waals surface area contributed by atoms with E-state index in [1.165, 1.54) is 5.56 Å². The number of anilines is 1. The van der Waals surface area contributed by atoms with Crippen molar-refractivity contribution >= 4 is 36.7 Å². The molecular formula is C21H31Cl2N4O3+. The Bertz CT molecular complexity index is 783. The van der Waals surface area contributed by atoms with Crippen molar-refractivity contribution in [1.82, 2.24) is 9.88 Å². The minimum atomic E-state index is -0.157. The van der Waals surface area contributed by atoms with E-state index in [1.807, 2.05) is 24.4 Å². The molecule has 1 unspecified atom stereocenters. The zero-order valence-electron chi connectivity index (χ0n) is 17.9. The molecule has 9 heteroatoms. The number of hydrogen-bond donors (Lipinski definition) is 0. The van der Waals surface area contributed by atoms with E-state index in [2.05, 4.69) is 50.8 Å². The van der Waals surface area contributed by atoms with Crippen LogP contribution in [0, 0.1) is 0 Å². The lowest BCUT2D eigenvalue weighted by molar-refractivity contribution is -0.856. The first kappa shape index (κ1) is 26.0. The molecular weight excluding hydrogens is 427 g/mol. The highest BCUT2D eigenvalue weighted by Crippen LogP contribution is 2.24. The first-order valence-corrected chi connectivity index (χ1v) is 9.53. The maximum atomic E-state index is 9.96. The Morgan fingerprint density at radius 3 is 2.03 bits per heavy atom. The molecule has 0 N–H and O–H groups in total. The number of quaternary nitrogens is 1. The molecule has 3 heterocycles. The summed E-state index contributed by atoms with van der Waals surface area (Å²) in [4.78, 5) is 23.7. The van der Waals surface area contributed by atoms with Gasteiger partial charge in [0, 0.05) is 38.4 Å². The summed E-state index contributed by atoms with van der Waals surface area (Å²) in [5.41, 5.74) is 1.34. The molecule has 1 aromatic heterocycles. The normalized spacial score (nSPS) is 17.9. The lowest BCUT2D eigenvalue weighted by Crippen LogP contribution is -2.47. The van der Waals surface area contributed by atoms with Gasteiger partial charge < -0.3 is 9.64 Å². The Morgan fingerprint density at radius 1 is 1.03 bits per heavy atom. The summed E-state index contributed by atoms with van der Waals surface area (Å²) < 4.78 is 5.33. The molecule has 1 aromatic carbocycles. The van der Waals surface area contributed by atoms with Crippen LogP contribution in [0.15, 0.2) is 48.7 Å². The first-order valence-electron chi connectivity index (χ1n) is 9.53. The Kier molecular flexibility index (Phi) is 9.84. The number of benzene rings is 1. The van der Waals surface area contributed by atoms with Crippen molar-refractivity contribution in [1.29, 1.82) is 0 Å². The molecule has 166 valence electrons. The van der Waals surface area contributed by atoms with Gasteiger partial charge in [0.25, 0.3) is 0 Å². The van der Waals surface area contributed by atoms with Gasteiger partial charge >= 0.3 is 6.09 Å². The van der Waals surface area contributed by atoms with Crippen molar-refractivity contribution in [2.45, 2.75) is 13.0 Å². The number of aromatic nitrogens is 1. The molecule has 2 fully saturated rings. The number of amides is 1. The van der Waals surface area contributed by atoms with Crippen molar-refractivity contribution < 1.29 is 19.0 Å². The van der Waals surface area contributed by atoms with Crippen LogP contribution in [0.2, 0.25) is 0 Å². The average Bonchev–Trinajstić information content (AvgIpc) is 3.31. The average molecular weight is 458 g/mol. The molecule has 4 rings (SSSR count). The van der Waals surface area contributed by atoms with Gasteiger partial charge in [-0.05, 0) is 41.4 Å². The van der Waals surface area contributed by atoms with Crippen LogP contribution in [0.5, 0.6) is 5.75 Å². The van der Waals surface area contributed by atoms with E-state index in [0.717, 1.165) is 37.7 Å². The Morgan fingerprint density at radius 2 is 1.60 bits per heavy atom. The second-order valence-corrected chi connectivity index (χ2v) is 7.37. The number of hydroxylamine groups is 3. The highest BCUT2D eigenvalue weighted by Gasteiger charge is 2.53. The van der Waals surface area contributed by atoms with E-state index >= 15 is 0 Å². The van der Waals surface area contributed by atoms with Gasteiger partial charge in [-0.15, -0.1) is 24.8 Å². The molecule has 0 aliphatic carbocycles. The predicted octanol–water partition coefficient (Wildman–Crippen LogP) is 3.95. The molecule has 1 atom stereocenters. The fourth-order valence-corrected chi connectivity index (χ4v) is 3.15. The maximum absolute atomic E-state index is 9.96. The molecule has 2 aliphatic heterocycles. The summed E-state index contributed by atoms with van der Waals surface area (Å²) in [6.07, 6.45) is 1.71. The SMILES string of the molecule is COc1ccc(C(C)N2CCN(c3ccccn3)CC2)cc1.C[N+]1(C)OC1=O.Cl.Cl. The highest BCUT2D eigenvalue weighted by atomic mass is 35.5. The predicted molar refractivity (Wildman–Crippen MR) is 123 cm³/mol. The molecule has 0 saturated carbocycles. The summed E-state index contributed by atoms with van der Waals surface area (Å²) in [5, 5.41) is 0. The smallest absolute Gasteiger partial charge is 0.497 e. The van der Waals surface area contributed by atoms with E-state index in [-0.39, 0.29) is 35.6 Å². The number of carbonyl (C=O) groups excluding carboxylic acids is 1. The van der Waals surface area contributed by atoms with Gasteiger partial charge in [-0.1, -0.05) is 18.2 Å². The Hall–Kier alpha value is -2.06. The maximum Gasteiger partial charge on any atom is 0.609 e. The van der Waals surface area contributed by atoms with Crippen LogP contribution in [0.25, 0.3) is 0 Å². The number of halogens is 2. The quantitative estimate of drug-likeness (QED) is 0.511.